The molecule has 0 aromatic heterocycles. The smallest absolute Gasteiger partial charge is 0.243 e. The number of ether oxygens (including phenoxy) is 1. The van der Waals surface area contributed by atoms with E-state index in [0.29, 0.717) is 12.7 Å². The summed E-state index contributed by atoms with van der Waals surface area (Å²) in [4.78, 5) is -0.331. The summed E-state index contributed by atoms with van der Waals surface area (Å²) in [7, 11) is -4.00. The first-order valence-corrected chi connectivity index (χ1v) is 8.33. The molecule has 22 heavy (non-hydrogen) atoms. The van der Waals surface area contributed by atoms with Crippen LogP contribution in [0.1, 0.15) is 19.3 Å². The molecule has 1 aromatic rings. The highest BCUT2D eigenvalue weighted by atomic mass is 32.2. The van der Waals surface area contributed by atoms with Crippen LogP contribution in [0.4, 0.5) is 8.78 Å². The van der Waals surface area contributed by atoms with Crippen molar-refractivity contribution in [3.63, 3.8) is 0 Å². The highest BCUT2D eigenvalue weighted by Crippen LogP contribution is 2.21. The van der Waals surface area contributed by atoms with Crippen LogP contribution in [0.5, 0.6) is 0 Å². The number of benzene rings is 1. The summed E-state index contributed by atoms with van der Waals surface area (Å²) in [5.74, 6) is -2.33. The van der Waals surface area contributed by atoms with Crippen molar-refractivity contribution < 1.29 is 21.9 Å². The molecule has 1 aliphatic rings. The summed E-state index contributed by atoms with van der Waals surface area (Å²) in [5, 5.41) is 8.68. The second-order valence-electron chi connectivity index (χ2n) is 4.98. The molecule has 1 atom stereocenters. The van der Waals surface area contributed by atoms with Crippen molar-refractivity contribution in [2.24, 2.45) is 0 Å². The first kappa shape index (κ1) is 16.8. The van der Waals surface area contributed by atoms with Gasteiger partial charge in [-0.15, -0.1) is 0 Å². The van der Waals surface area contributed by atoms with E-state index in [1.807, 2.05) is 6.07 Å². The molecule has 0 bridgehead atoms. The van der Waals surface area contributed by atoms with Crippen LogP contribution in [-0.2, 0) is 14.8 Å². The molecule has 120 valence electrons. The van der Waals surface area contributed by atoms with Crippen LogP contribution in [0.25, 0.3) is 0 Å². The molecular formula is C14H16F2N2O3S. The van der Waals surface area contributed by atoms with Gasteiger partial charge in [-0.05, 0) is 31.0 Å². The van der Waals surface area contributed by atoms with Gasteiger partial charge in [0.2, 0.25) is 10.0 Å². The number of rotatable bonds is 6. The van der Waals surface area contributed by atoms with Crippen molar-refractivity contribution in [2.45, 2.75) is 30.3 Å². The molecule has 0 saturated carbocycles. The maximum Gasteiger partial charge on any atom is 0.243 e. The minimum atomic E-state index is -4.00. The third kappa shape index (κ3) is 3.80. The Morgan fingerprint density at radius 3 is 2.73 bits per heavy atom. The van der Waals surface area contributed by atoms with Crippen LogP contribution in [0.3, 0.4) is 0 Å². The maximum atomic E-state index is 13.3. The SMILES string of the molecule is N#CCCN(CC1CCCO1)S(=O)(=O)c1ccc(F)c(F)c1. The Hall–Kier alpha value is -1.56. The first-order chi connectivity index (χ1) is 10.4. The van der Waals surface area contributed by atoms with Gasteiger partial charge in [0, 0.05) is 26.1 Å². The molecule has 1 fully saturated rings. The van der Waals surface area contributed by atoms with E-state index in [1.54, 1.807) is 0 Å². The Labute approximate surface area is 128 Å². The van der Waals surface area contributed by atoms with Gasteiger partial charge in [0.1, 0.15) is 0 Å². The van der Waals surface area contributed by atoms with Crippen molar-refractivity contribution in [1.29, 1.82) is 5.26 Å². The predicted octanol–water partition coefficient (Wildman–Crippen LogP) is 2.05. The van der Waals surface area contributed by atoms with E-state index in [2.05, 4.69) is 0 Å². The molecule has 1 aromatic carbocycles. The summed E-state index contributed by atoms with van der Waals surface area (Å²) >= 11 is 0. The van der Waals surface area contributed by atoms with Gasteiger partial charge in [0.05, 0.1) is 17.1 Å². The Balaban J connectivity index is 2.26. The molecule has 1 unspecified atom stereocenters. The van der Waals surface area contributed by atoms with Crippen molar-refractivity contribution in [1.82, 2.24) is 4.31 Å². The molecule has 1 heterocycles. The summed E-state index contributed by atoms with van der Waals surface area (Å²) in [6.45, 7) is 0.655. The highest BCUT2D eigenvalue weighted by Gasteiger charge is 2.29. The average molecular weight is 330 g/mol. The van der Waals surface area contributed by atoms with E-state index in [1.165, 1.54) is 0 Å². The molecule has 2 rings (SSSR count). The topological polar surface area (TPSA) is 70.4 Å². The van der Waals surface area contributed by atoms with E-state index >= 15 is 0 Å². The quantitative estimate of drug-likeness (QED) is 0.800. The highest BCUT2D eigenvalue weighted by molar-refractivity contribution is 7.89. The predicted molar refractivity (Wildman–Crippen MR) is 74.3 cm³/mol. The lowest BCUT2D eigenvalue weighted by molar-refractivity contribution is 0.0941. The number of sulfonamides is 1. The van der Waals surface area contributed by atoms with E-state index < -0.39 is 21.7 Å². The molecule has 0 aliphatic carbocycles. The molecule has 0 radical (unpaired) electrons. The van der Waals surface area contributed by atoms with Crippen molar-refractivity contribution in [3.8, 4) is 6.07 Å². The Bertz CT molecular complexity index is 667. The number of nitriles is 1. The number of hydrogen-bond acceptors (Lipinski definition) is 4. The van der Waals surface area contributed by atoms with Crippen LogP contribution in [0, 0.1) is 23.0 Å². The fourth-order valence-electron chi connectivity index (χ4n) is 2.29. The number of hydrogen-bond donors (Lipinski definition) is 0. The fourth-order valence-corrected chi connectivity index (χ4v) is 3.77. The zero-order chi connectivity index (χ0) is 16.2. The third-order valence-electron chi connectivity index (χ3n) is 3.43. The van der Waals surface area contributed by atoms with Crippen molar-refractivity contribution >= 4 is 10.0 Å². The largest absolute Gasteiger partial charge is 0.377 e. The van der Waals surface area contributed by atoms with Gasteiger partial charge in [-0.1, -0.05) is 0 Å². The lowest BCUT2D eigenvalue weighted by atomic mass is 10.2. The average Bonchev–Trinajstić information content (AvgIpc) is 2.99. The molecule has 0 spiro atoms. The van der Waals surface area contributed by atoms with Gasteiger partial charge >= 0.3 is 0 Å². The monoisotopic (exact) mass is 330 g/mol. The summed E-state index contributed by atoms with van der Waals surface area (Å²) < 4.78 is 57.9. The van der Waals surface area contributed by atoms with Gasteiger partial charge in [-0.25, -0.2) is 17.2 Å². The summed E-state index contributed by atoms with van der Waals surface area (Å²) in [5.41, 5.74) is 0. The lowest BCUT2D eigenvalue weighted by Crippen LogP contribution is -2.38. The normalized spacial score (nSPS) is 18.5. The van der Waals surface area contributed by atoms with E-state index in [-0.39, 0.29) is 30.5 Å². The van der Waals surface area contributed by atoms with Gasteiger partial charge in [-0.2, -0.15) is 9.57 Å². The molecule has 0 amide bonds. The number of halogens is 2. The zero-order valence-corrected chi connectivity index (χ0v) is 12.7. The van der Waals surface area contributed by atoms with Crippen LogP contribution < -0.4 is 0 Å². The van der Waals surface area contributed by atoms with Gasteiger partial charge in [0.15, 0.2) is 11.6 Å². The van der Waals surface area contributed by atoms with Gasteiger partial charge in [-0.3, -0.25) is 0 Å². The lowest BCUT2D eigenvalue weighted by Gasteiger charge is -2.24. The molecule has 1 saturated heterocycles. The minimum Gasteiger partial charge on any atom is -0.377 e. The molecular weight excluding hydrogens is 314 g/mol. The molecule has 8 heteroatoms. The van der Waals surface area contributed by atoms with Gasteiger partial charge < -0.3 is 4.74 Å². The standard InChI is InChI=1S/C14H16F2N2O3S/c15-13-5-4-12(9-14(13)16)22(19,20)18(7-2-6-17)10-11-3-1-8-21-11/h4-5,9,11H,1-3,7-8,10H2. The molecule has 1 aliphatic heterocycles. The first-order valence-electron chi connectivity index (χ1n) is 6.89. The van der Waals surface area contributed by atoms with Crippen molar-refractivity contribution in [3.05, 3.63) is 29.8 Å². The van der Waals surface area contributed by atoms with E-state index in [9.17, 15) is 17.2 Å². The fraction of sp³-hybridized carbons (Fsp3) is 0.500. The Morgan fingerprint density at radius 1 is 1.36 bits per heavy atom. The van der Waals surface area contributed by atoms with Crippen LogP contribution >= 0.6 is 0 Å². The van der Waals surface area contributed by atoms with E-state index in [0.717, 1.165) is 29.3 Å². The van der Waals surface area contributed by atoms with Crippen LogP contribution in [-0.4, -0.2) is 38.5 Å². The zero-order valence-electron chi connectivity index (χ0n) is 11.8. The molecule has 0 N–H and O–H groups in total. The van der Waals surface area contributed by atoms with Gasteiger partial charge in [0.25, 0.3) is 0 Å². The number of nitrogens with zero attached hydrogens (tertiary/aromatic N) is 2. The van der Waals surface area contributed by atoms with Crippen LogP contribution in [0.15, 0.2) is 23.1 Å². The third-order valence-corrected chi connectivity index (χ3v) is 5.29. The summed E-state index contributed by atoms with van der Waals surface area (Å²) in [6.07, 6.45) is 1.35. The maximum absolute atomic E-state index is 13.3. The van der Waals surface area contributed by atoms with Crippen LogP contribution in [0.2, 0.25) is 0 Å². The molecule has 5 nitrogen and oxygen atoms in total. The van der Waals surface area contributed by atoms with Crippen molar-refractivity contribution in [2.75, 3.05) is 19.7 Å². The summed E-state index contributed by atoms with van der Waals surface area (Å²) in [6, 6.07) is 4.33. The minimum absolute atomic E-state index is 0.00955. The Kier molecular flexibility index (Phi) is 5.45. The Morgan fingerprint density at radius 2 is 2.14 bits per heavy atom. The second-order valence-corrected chi connectivity index (χ2v) is 6.92. The second kappa shape index (κ2) is 7.13. The van der Waals surface area contributed by atoms with E-state index in [4.69, 9.17) is 10.00 Å².